The fraction of sp³-hybridized carbons (Fsp3) is 0.0400. The van der Waals surface area contributed by atoms with Gasteiger partial charge in [-0.25, -0.2) is 14.6 Å². The molecule has 34 heavy (non-hydrogen) atoms. The monoisotopic (exact) mass is 448 g/mol. The van der Waals surface area contributed by atoms with Crippen molar-refractivity contribution in [3.05, 3.63) is 108 Å². The van der Waals surface area contributed by atoms with Gasteiger partial charge in [0, 0.05) is 11.8 Å². The van der Waals surface area contributed by atoms with E-state index in [-0.39, 0.29) is 5.91 Å². The molecule has 0 saturated carbocycles. The topological polar surface area (TPSA) is 110 Å². The summed E-state index contributed by atoms with van der Waals surface area (Å²) in [5.41, 5.74) is 6.75. The molecule has 0 fully saturated rings. The summed E-state index contributed by atoms with van der Waals surface area (Å²) in [7, 11) is 0. The van der Waals surface area contributed by atoms with Crippen LogP contribution in [0.25, 0.3) is 16.7 Å². The molecule has 0 saturated heterocycles. The third-order valence-electron chi connectivity index (χ3n) is 5.08. The molecule has 3 aromatic heterocycles. The lowest BCUT2D eigenvalue weighted by molar-refractivity contribution is 0.0950. The Morgan fingerprint density at radius 1 is 0.941 bits per heavy atom. The molecule has 0 aliphatic carbocycles. The molecule has 0 spiro atoms. The van der Waals surface area contributed by atoms with Gasteiger partial charge < -0.3 is 5.32 Å². The Kier molecular flexibility index (Phi) is 5.98. The summed E-state index contributed by atoms with van der Waals surface area (Å²) < 4.78 is 1.75. The number of amides is 1. The summed E-state index contributed by atoms with van der Waals surface area (Å²) in [6.45, 7) is 0.376. The minimum atomic E-state index is -0.161. The number of carbonyl (C=O) groups excluding carboxylic acids is 1. The molecule has 9 nitrogen and oxygen atoms in total. The molecule has 9 heteroatoms. The molecule has 0 unspecified atom stereocenters. The Hall–Kier alpha value is -4.92. The van der Waals surface area contributed by atoms with Gasteiger partial charge in [-0.3, -0.25) is 15.2 Å². The van der Waals surface area contributed by atoms with E-state index in [9.17, 15) is 4.79 Å². The second kappa shape index (κ2) is 9.70. The van der Waals surface area contributed by atoms with Crippen LogP contribution in [0, 0.1) is 0 Å². The highest BCUT2D eigenvalue weighted by Crippen LogP contribution is 2.21. The third-order valence-corrected chi connectivity index (χ3v) is 5.08. The number of anilines is 1. The second-order valence-corrected chi connectivity index (χ2v) is 7.35. The molecular weight excluding hydrogens is 428 g/mol. The van der Waals surface area contributed by atoms with E-state index in [4.69, 9.17) is 0 Å². The van der Waals surface area contributed by atoms with E-state index in [2.05, 4.69) is 35.9 Å². The zero-order valence-electron chi connectivity index (χ0n) is 18.0. The van der Waals surface area contributed by atoms with Crippen LogP contribution in [0.1, 0.15) is 21.6 Å². The van der Waals surface area contributed by atoms with E-state index < -0.39 is 0 Å². The minimum absolute atomic E-state index is 0.161. The average Bonchev–Trinajstić information content (AvgIpc) is 3.34. The number of aromatic nitrogens is 5. The molecule has 2 N–H and O–H groups in total. The first-order chi connectivity index (χ1) is 16.8. The summed E-state index contributed by atoms with van der Waals surface area (Å²) in [6.07, 6.45) is 6.54. The molecule has 5 rings (SSSR count). The minimum Gasteiger partial charge on any atom is -0.346 e. The molecule has 0 radical (unpaired) electrons. The molecule has 3 heterocycles. The maximum Gasteiger partial charge on any atom is 0.251 e. The van der Waals surface area contributed by atoms with Crippen molar-refractivity contribution in [1.29, 1.82) is 0 Å². The maximum absolute atomic E-state index is 12.4. The van der Waals surface area contributed by atoms with Crippen LogP contribution in [-0.2, 0) is 6.54 Å². The van der Waals surface area contributed by atoms with Crippen LogP contribution >= 0.6 is 0 Å². The van der Waals surface area contributed by atoms with Crippen molar-refractivity contribution in [2.45, 2.75) is 6.54 Å². The fourth-order valence-corrected chi connectivity index (χ4v) is 3.36. The van der Waals surface area contributed by atoms with Crippen LogP contribution in [0.3, 0.4) is 0 Å². The average molecular weight is 448 g/mol. The predicted molar refractivity (Wildman–Crippen MR) is 130 cm³/mol. The van der Waals surface area contributed by atoms with Gasteiger partial charge in [0.2, 0.25) is 0 Å². The standard InChI is InChI=1S/C25H20N8O/c34-25(27-15-20-6-4-5-13-26-20)19-11-9-18(10-12-19)14-30-32-23-22-16-31-33(24(22)29-17-28-23)21-7-2-1-3-8-21/h1-14,16-17H,15H2,(H,27,34)(H,28,29,32). The number of hydrazone groups is 1. The highest BCUT2D eigenvalue weighted by Gasteiger charge is 2.10. The van der Waals surface area contributed by atoms with Crippen molar-refractivity contribution in [2.24, 2.45) is 5.10 Å². The number of pyridine rings is 1. The number of benzene rings is 2. The quantitative estimate of drug-likeness (QED) is 0.291. The zero-order chi connectivity index (χ0) is 23.2. The van der Waals surface area contributed by atoms with Gasteiger partial charge in [-0.05, 0) is 42.0 Å². The first-order valence-corrected chi connectivity index (χ1v) is 10.6. The predicted octanol–water partition coefficient (Wildman–Crippen LogP) is 3.59. The van der Waals surface area contributed by atoms with Gasteiger partial charge in [0.05, 0.1) is 35.7 Å². The maximum atomic E-state index is 12.4. The summed E-state index contributed by atoms with van der Waals surface area (Å²) in [4.78, 5) is 25.2. The number of fused-ring (bicyclic) bond motifs is 1. The highest BCUT2D eigenvalue weighted by molar-refractivity contribution is 5.95. The highest BCUT2D eigenvalue weighted by atomic mass is 16.1. The van der Waals surface area contributed by atoms with Crippen LogP contribution < -0.4 is 10.7 Å². The van der Waals surface area contributed by atoms with Crippen LogP contribution in [0.2, 0.25) is 0 Å². The smallest absolute Gasteiger partial charge is 0.251 e. The van der Waals surface area contributed by atoms with Gasteiger partial charge in [0.1, 0.15) is 6.33 Å². The third kappa shape index (κ3) is 4.63. The van der Waals surface area contributed by atoms with Crippen LogP contribution in [0.4, 0.5) is 5.82 Å². The summed E-state index contributed by atoms with van der Waals surface area (Å²) in [6, 6.07) is 22.5. The molecule has 0 atom stereocenters. The number of hydrogen-bond acceptors (Lipinski definition) is 7. The van der Waals surface area contributed by atoms with E-state index in [1.807, 2.05) is 60.7 Å². The van der Waals surface area contributed by atoms with Crippen molar-refractivity contribution >= 4 is 29.0 Å². The van der Waals surface area contributed by atoms with Crippen LogP contribution in [0.5, 0.6) is 0 Å². The Morgan fingerprint density at radius 2 is 1.76 bits per heavy atom. The van der Waals surface area contributed by atoms with Gasteiger partial charge in [-0.1, -0.05) is 36.4 Å². The van der Waals surface area contributed by atoms with Crippen molar-refractivity contribution in [3.8, 4) is 5.69 Å². The normalized spacial score (nSPS) is 11.1. The van der Waals surface area contributed by atoms with Crippen molar-refractivity contribution in [2.75, 3.05) is 5.43 Å². The lowest BCUT2D eigenvalue weighted by atomic mass is 10.1. The van der Waals surface area contributed by atoms with E-state index in [0.29, 0.717) is 23.6 Å². The van der Waals surface area contributed by atoms with Gasteiger partial charge in [0.15, 0.2) is 11.5 Å². The Labute approximate surface area is 195 Å². The Bertz CT molecular complexity index is 1430. The second-order valence-electron chi connectivity index (χ2n) is 7.35. The number of rotatable bonds is 7. The van der Waals surface area contributed by atoms with E-state index in [0.717, 1.165) is 22.3 Å². The summed E-state index contributed by atoms with van der Waals surface area (Å²) >= 11 is 0. The molecule has 0 bridgehead atoms. The molecule has 2 aromatic carbocycles. The molecule has 5 aromatic rings. The number of nitrogens with zero attached hydrogens (tertiary/aromatic N) is 6. The lowest BCUT2D eigenvalue weighted by Crippen LogP contribution is -2.23. The molecule has 166 valence electrons. The largest absolute Gasteiger partial charge is 0.346 e. The van der Waals surface area contributed by atoms with E-state index >= 15 is 0 Å². The van der Waals surface area contributed by atoms with Gasteiger partial charge in [-0.15, -0.1) is 0 Å². The molecule has 0 aliphatic rings. The van der Waals surface area contributed by atoms with E-state index in [1.165, 1.54) is 6.33 Å². The SMILES string of the molecule is O=C(NCc1ccccn1)c1ccc(C=NNc2ncnc3c2cnn3-c2ccccc2)cc1. The number of para-hydroxylation sites is 1. The van der Waals surface area contributed by atoms with Crippen LogP contribution in [0.15, 0.2) is 96.6 Å². The van der Waals surface area contributed by atoms with Gasteiger partial charge in [-0.2, -0.15) is 10.2 Å². The molecule has 0 aliphatic heterocycles. The van der Waals surface area contributed by atoms with Crippen molar-refractivity contribution in [3.63, 3.8) is 0 Å². The molecule has 1 amide bonds. The number of nitrogens with one attached hydrogen (secondary N) is 2. The summed E-state index contributed by atoms with van der Waals surface area (Å²) in [5, 5.41) is 12.3. The number of carbonyl (C=O) groups is 1. The zero-order valence-corrected chi connectivity index (χ0v) is 18.0. The first kappa shape index (κ1) is 21.0. The molecular formula is C25H20N8O. The first-order valence-electron chi connectivity index (χ1n) is 10.6. The van der Waals surface area contributed by atoms with Crippen molar-refractivity contribution in [1.82, 2.24) is 30.0 Å². The number of hydrogen-bond donors (Lipinski definition) is 2. The summed E-state index contributed by atoms with van der Waals surface area (Å²) in [5.74, 6) is 0.389. The van der Waals surface area contributed by atoms with Crippen molar-refractivity contribution < 1.29 is 4.79 Å². The Balaban J connectivity index is 1.24. The fourth-order valence-electron chi connectivity index (χ4n) is 3.36. The van der Waals surface area contributed by atoms with Gasteiger partial charge in [0.25, 0.3) is 5.91 Å². The van der Waals surface area contributed by atoms with Gasteiger partial charge >= 0.3 is 0 Å². The Morgan fingerprint density at radius 3 is 2.56 bits per heavy atom. The van der Waals surface area contributed by atoms with Crippen LogP contribution in [-0.4, -0.2) is 36.9 Å². The van der Waals surface area contributed by atoms with E-state index in [1.54, 1.807) is 35.4 Å². The lowest BCUT2D eigenvalue weighted by Gasteiger charge is -2.05.